The molecule has 0 N–H and O–H groups in total. The van der Waals surface area contributed by atoms with Gasteiger partial charge in [-0.3, -0.25) is 9.88 Å². The van der Waals surface area contributed by atoms with Crippen LogP contribution in [0.5, 0.6) is 0 Å². The molecule has 2 aromatic rings. The SMILES string of the molecule is CCC(c1ccccn1)N(C)Cc1ccccc1C#N. The van der Waals surface area contributed by atoms with E-state index in [-0.39, 0.29) is 6.04 Å². The molecule has 20 heavy (non-hydrogen) atoms. The highest BCUT2D eigenvalue weighted by molar-refractivity contribution is 5.37. The Kier molecular flexibility index (Phi) is 4.86. The van der Waals surface area contributed by atoms with Gasteiger partial charge in [-0.15, -0.1) is 0 Å². The predicted octanol–water partition coefficient (Wildman–Crippen LogP) is 3.54. The van der Waals surface area contributed by atoms with Crippen molar-refractivity contribution in [1.82, 2.24) is 9.88 Å². The molecule has 3 nitrogen and oxygen atoms in total. The molecule has 0 radical (unpaired) electrons. The number of benzene rings is 1. The van der Waals surface area contributed by atoms with Crippen LogP contribution in [0.25, 0.3) is 0 Å². The topological polar surface area (TPSA) is 39.9 Å². The third kappa shape index (κ3) is 3.23. The van der Waals surface area contributed by atoms with Crippen molar-refractivity contribution >= 4 is 0 Å². The summed E-state index contributed by atoms with van der Waals surface area (Å²) in [6.45, 7) is 2.91. The second-order valence-corrected chi connectivity index (χ2v) is 4.86. The van der Waals surface area contributed by atoms with Crippen molar-refractivity contribution in [2.75, 3.05) is 7.05 Å². The van der Waals surface area contributed by atoms with Gasteiger partial charge in [0.05, 0.1) is 23.4 Å². The van der Waals surface area contributed by atoms with Crippen molar-refractivity contribution in [2.45, 2.75) is 25.9 Å². The Morgan fingerprint density at radius 1 is 1.20 bits per heavy atom. The van der Waals surface area contributed by atoms with Gasteiger partial charge in [0.15, 0.2) is 0 Å². The molecule has 1 heterocycles. The summed E-state index contributed by atoms with van der Waals surface area (Å²) < 4.78 is 0. The molecule has 0 saturated heterocycles. The molecule has 3 heteroatoms. The fourth-order valence-corrected chi connectivity index (χ4v) is 2.47. The van der Waals surface area contributed by atoms with Crippen LogP contribution < -0.4 is 0 Å². The van der Waals surface area contributed by atoms with E-state index in [9.17, 15) is 0 Å². The fourth-order valence-electron chi connectivity index (χ4n) is 2.47. The van der Waals surface area contributed by atoms with Gasteiger partial charge in [0.25, 0.3) is 0 Å². The van der Waals surface area contributed by atoms with Crippen molar-refractivity contribution in [2.24, 2.45) is 0 Å². The second kappa shape index (κ2) is 6.83. The van der Waals surface area contributed by atoms with Gasteiger partial charge in [-0.05, 0) is 37.2 Å². The Labute approximate surface area is 120 Å². The summed E-state index contributed by atoms with van der Waals surface area (Å²) in [5.74, 6) is 0. The van der Waals surface area contributed by atoms with Crippen LogP contribution in [-0.2, 0) is 6.54 Å². The smallest absolute Gasteiger partial charge is 0.0995 e. The summed E-state index contributed by atoms with van der Waals surface area (Å²) in [5, 5.41) is 9.16. The zero-order valence-electron chi connectivity index (χ0n) is 12.0. The van der Waals surface area contributed by atoms with Gasteiger partial charge < -0.3 is 0 Å². The second-order valence-electron chi connectivity index (χ2n) is 4.86. The number of nitrogens with zero attached hydrogens (tertiary/aromatic N) is 3. The first kappa shape index (κ1) is 14.2. The Balaban J connectivity index is 2.18. The molecule has 1 aromatic heterocycles. The number of pyridine rings is 1. The Hall–Kier alpha value is -2.18. The molecular formula is C17H19N3. The maximum Gasteiger partial charge on any atom is 0.0995 e. The Morgan fingerprint density at radius 2 is 1.95 bits per heavy atom. The van der Waals surface area contributed by atoms with Gasteiger partial charge in [0.1, 0.15) is 0 Å². The molecule has 102 valence electrons. The number of nitriles is 1. The number of hydrogen-bond donors (Lipinski definition) is 0. The van der Waals surface area contributed by atoms with E-state index in [4.69, 9.17) is 5.26 Å². The first-order valence-corrected chi connectivity index (χ1v) is 6.85. The Bertz CT molecular complexity index is 587. The fraction of sp³-hybridized carbons (Fsp3) is 0.294. The van der Waals surface area contributed by atoms with E-state index in [1.54, 1.807) is 0 Å². The normalized spacial score (nSPS) is 12.1. The summed E-state index contributed by atoms with van der Waals surface area (Å²) in [6, 6.07) is 16.3. The molecule has 0 bridgehead atoms. The van der Waals surface area contributed by atoms with E-state index >= 15 is 0 Å². The first-order valence-electron chi connectivity index (χ1n) is 6.85. The van der Waals surface area contributed by atoms with Crippen LogP contribution in [0, 0.1) is 11.3 Å². The van der Waals surface area contributed by atoms with Crippen molar-refractivity contribution < 1.29 is 0 Å². The Morgan fingerprint density at radius 3 is 2.60 bits per heavy atom. The lowest BCUT2D eigenvalue weighted by Crippen LogP contribution is -2.24. The van der Waals surface area contributed by atoms with E-state index in [0.29, 0.717) is 0 Å². The number of aromatic nitrogens is 1. The minimum atomic E-state index is 0.267. The van der Waals surface area contributed by atoms with Crippen LogP contribution in [-0.4, -0.2) is 16.9 Å². The van der Waals surface area contributed by atoms with E-state index in [2.05, 4.69) is 36.0 Å². The summed E-state index contributed by atoms with van der Waals surface area (Å²) in [7, 11) is 2.08. The lowest BCUT2D eigenvalue weighted by molar-refractivity contribution is 0.226. The maximum atomic E-state index is 9.16. The van der Waals surface area contributed by atoms with Gasteiger partial charge in [-0.25, -0.2) is 0 Å². The zero-order chi connectivity index (χ0) is 14.4. The quantitative estimate of drug-likeness (QED) is 0.830. The molecule has 0 aliphatic heterocycles. The van der Waals surface area contributed by atoms with Gasteiger partial charge in [-0.1, -0.05) is 31.2 Å². The summed E-state index contributed by atoms with van der Waals surface area (Å²) in [5.41, 5.74) is 2.88. The highest BCUT2D eigenvalue weighted by atomic mass is 15.1. The maximum absolute atomic E-state index is 9.16. The summed E-state index contributed by atoms with van der Waals surface area (Å²) in [4.78, 5) is 6.70. The molecule has 1 atom stereocenters. The molecule has 0 fully saturated rings. The van der Waals surface area contributed by atoms with Crippen LogP contribution in [0.2, 0.25) is 0 Å². The lowest BCUT2D eigenvalue weighted by Gasteiger charge is -2.27. The third-order valence-electron chi connectivity index (χ3n) is 3.51. The van der Waals surface area contributed by atoms with Crippen LogP contribution in [0.15, 0.2) is 48.7 Å². The monoisotopic (exact) mass is 265 g/mol. The lowest BCUT2D eigenvalue weighted by atomic mass is 10.1. The largest absolute Gasteiger partial charge is 0.294 e. The molecule has 1 aromatic carbocycles. The molecular weight excluding hydrogens is 246 g/mol. The average molecular weight is 265 g/mol. The van der Waals surface area contributed by atoms with E-state index in [1.807, 2.05) is 42.6 Å². The number of hydrogen-bond acceptors (Lipinski definition) is 3. The van der Waals surface area contributed by atoms with Crippen LogP contribution in [0.3, 0.4) is 0 Å². The van der Waals surface area contributed by atoms with E-state index in [1.165, 1.54) is 0 Å². The van der Waals surface area contributed by atoms with Gasteiger partial charge in [0, 0.05) is 12.7 Å². The molecule has 0 spiro atoms. The molecule has 0 aliphatic carbocycles. The van der Waals surface area contributed by atoms with Crippen LogP contribution in [0.1, 0.15) is 36.2 Å². The minimum absolute atomic E-state index is 0.267. The van der Waals surface area contributed by atoms with E-state index < -0.39 is 0 Å². The molecule has 0 saturated carbocycles. The summed E-state index contributed by atoms with van der Waals surface area (Å²) >= 11 is 0. The van der Waals surface area contributed by atoms with Crippen molar-refractivity contribution in [3.05, 3.63) is 65.5 Å². The first-order chi connectivity index (χ1) is 9.76. The zero-order valence-corrected chi connectivity index (χ0v) is 12.0. The number of rotatable bonds is 5. The van der Waals surface area contributed by atoms with Crippen molar-refractivity contribution in [3.8, 4) is 6.07 Å². The van der Waals surface area contributed by atoms with Crippen molar-refractivity contribution in [1.29, 1.82) is 5.26 Å². The molecule has 2 rings (SSSR count). The van der Waals surface area contributed by atoms with Crippen LogP contribution in [0.4, 0.5) is 0 Å². The van der Waals surface area contributed by atoms with Crippen LogP contribution >= 0.6 is 0 Å². The standard InChI is InChI=1S/C17H19N3/c1-3-17(16-10-6-7-11-19-16)20(2)13-15-9-5-4-8-14(15)12-18/h4-11,17H,3,13H2,1-2H3. The van der Waals surface area contributed by atoms with Crippen molar-refractivity contribution in [3.63, 3.8) is 0 Å². The molecule has 0 amide bonds. The molecule has 0 aliphatic rings. The predicted molar refractivity (Wildman–Crippen MR) is 79.9 cm³/mol. The van der Waals surface area contributed by atoms with E-state index in [0.717, 1.165) is 29.8 Å². The highest BCUT2D eigenvalue weighted by Gasteiger charge is 2.17. The molecule has 1 unspecified atom stereocenters. The summed E-state index contributed by atoms with van der Waals surface area (Å²) in [6.07, 6.45) is 2.82. The van der Waals surface area contributed by atoms with Gasteiger partial charge in [-0.2, -0.15) is 5.26 Å². The average Bonchev–Trinajstić information content (AvgIpc) is 2.49. The third-order valence-corrected chi connectivity index (χ3v) is 3.51. The van der Waals surface area contributed by atoms with Gasteiger partial charge in [0.2, 0.25) is 0 Å². The van der Waals surface area contributed by atoms with Gasteiger partial charge >= 0.3 is 0 Å². The highest BCUT2D eigenvalue weighted by Crippen LogP contribution is 2.23. The minimum Gasteiger partial charge on any atom is -0.294 e.